The van der Waals surface area contributed by atoms with Crippen molar-refractivity contribution in [1.82, 2.24) is 19.9 Å². The molecule has 5 heterocycles. The van der Waals surface area contributed by atoms with Crippen molar-refractivity contribution in [2.75, 3.05) is 36.0 Å². The minimum atomic E-state index is -1.43. The summed E-state index contributed by atoms with van der Waals surface area (Å²) >= 11 is 0. The molecule has 8 heteroatoms. The number of aryl methyl sites for hydroxylation is 1. The number of β-amino-alcohol motifs (C(OH)–C–C–N with tert-alkyl or cyclic N) is 1. The molecule has 7 nitrogen and oxygen atoms in total. The van der Waals surface area contributed by atoms with Gasteiger partial charge in [-0.1, -0.05) is 6.07 Å². The number of piperidine rings is 1. The summed E-state index contributed by atoms with van der Waals surface area (Å²) < 4.78 is 15.4. The largest absolute Gasteiger partial charge is 0.391 e. The molecule has 0 aromatic carbocycles. The second kappa shape index (κ2) is 8.41. The standard InChI is InChI=1S/C26H31FN6O/c1-17-4-2-10-28-23(17)18-5-11-32(12-6-18)24-20-14-22(33-13-7-19(34)16-33)29-15-21(20)30-25(31-24)26(27)8-3-9-26/h2,4,10,14-15,18-19,34H,3,5-9,11-13,16H2,1H3/t19-/m0/s1. The average molecular weight is 463 g/mol. The maximum absolute atomic E-state index is 15.4. The number of halogens is 1. The molecule has 0 unspecified atom stereocenters. The van der Waals surface area contributed by atoms with Crippen molar-refractivity contribution in [3.63, 3.8) is 0 Å². The molecule has 3 aromatic rings. The Morgan fingerprint density at radius 3 is 2.53 bits per heavy atom. The summed E-state index contributed by atoms with van der Waals surface area (Å²) in [6.45, 7) is 5.16. The lowest BCUT2D eigenvalue weighted by atomic mass is 9.81. The van der Waals surface area contributed by atoms with Gasteiger partial charge in [0, 0.05) is 49.4 Å². The van der Waals surface area contributed by atoms with Crippen LogP contribution in [-0.4, -0.2) is 57.3 Å². The highest BCUT2D eigenvalue weighted by atomic mass is 19.1. The molecule has 6 rings (SSSR count). The number of aliphatic hydroxyl groups is 1. The van der Waals surface area contributed by atoms with Crippen molar-refractivity contribution in [1.29, 1.82) is 0 Å². The number of rotatable bonds is 4. The van der Waals surface area contributed by atoms with E-state index < -0.39 is 5.67 Å². The molecule has 0 amide bonds. The molecule has 34 heavy (non-hydrogen) atoms. The molecular formula is C26H31FN6O. The molecule has 0 bridgehead atoms. The number of fused-ring (bicyclic) bond motifs is 1. The van der Waals surface area contributed by atoms with Crippen LogP contribution in [0.5, 0.6) is 0 Å². The molecule has 2 saturated heterocycles. The van der Waals surface area contributed by atoms with Crippen molar-refractivity contribution in [3.05, 3.63) is 47.7 Å². The third kappa shape index (κ3) is 3.78. The van der Waals surface area contributed by atoms with Crippen molar-refractivity contribution in [2.24, 2.45) is 0 Å². The van der Waals surface area contributed by atoms with Crippen LogP contribution >= 0.6 is 0 Å². The summed E-state index contributed by atoms with van der Waals surface area (Å²) in [5, 5.41) is 10.9. The molecule has 1 aliphatic carbocycles. The molecule has 3 aliphatic rings. The monoisotopic (exact) mass is 462 g/mol. The first-order valence-electron chi connectivity index (χ1n) is 12.5. The molecule has 1 atom stereocenters. The van der Waals surface area contributed by atoms with Gasteiger partial charge in [-0.15, -0.1) is 0 Å². The van der Waals surface area contributed by atoms with Gasteiger partial charge < -0.3 is 14.9 Å². The van der Waals surface area contributed by atoms with E-state index in [0.717, 1.165) is 62.3 Å². The Labute approximate surface area is 199 Å². The van der Waals surface area contributed by atoms with Crippen molar-refractivity contribution < 1.29 is 9.50 Å². The Kier molecular flexibility index (Phi) is 5.36. The second-order valence-electron chi connectivity index (χ2n) is 10.1. The topological polar surface area (TPSA) is 78.3 Å². The number of aliphatic hydroxyl groups excluding tert-OH is 1. The summed E-state index contributed by atoms with van der Waals surface area (Å²) in [5.41, 5.74) is 1.69. The highest BCUT2D eigenvalue weighted by Crippen LogP contribution is 2.45. The lowest BCUT2D eigenvalue weighted by molar-refractivity contribution is 0.0512. The van der Waals surface area contributed by atoms with E-state index >= 15 is 4.39 Å². The molecular weight excluding hydrogens is 431 g/mol. The van der Waals surface area contributed by atoms with Crippen molar-refractivity contribution >= 4 is 22.5 Å². The quantitative estimate of drug-likeness (QED) is 0.627. The van der Waals surface area contributed by atoms with E-state index in [2.05, 4.69) is 37.7 Å². The zero-order valence-corrected chi connectivity index (χ0v) is 19.6. The summed E-state index contributed by atoms with van der Waals surface area (Å²) in [6, 6.07) is 6.13. The Morgan fingerprint density at radius 2 is 1.85 bits per heavy atom. The minimum absolute atomic E-state index is 0.301. The van der Waals surface area contributed by atoms with Crippen LogP contribution in [-0.2, 0) is 5.67 Å². The highest BCUT2D eigenvalue weighted by molar-refractivity contribution is 5.91. The number of anilines is 2. The minimum Gasteiger partial charge on any atom is -0.391 e. The van der Waals surface area contributed by atoms with Crippen LogP contribution in [0.2, 0.25) is 0 Å². The van der Waals surface area contributed by atoms with Gasteiger partial charge in [0.25, 0.3) is 0 Å². The van der Waals surface area contributed by atoms with Gasteiger partial charge in [-0.3, -0.25) is 4.98 Å². The van der Waals surface area contributed by atoms with Crippen molar-refractivity contribution in [3.8, 4) is 0 Å². The predicted octanol–water partition coefficient (Wildman–Crippen LogP) is 4.03. The van der Waals surface area contributed by atoms with Crippen LogP contribution in [0.3, 0.4) is 0 Å². The summed E-state index contributed by atoms with van der Waals surface area (Å²) in [4.78, 5) is 23.1. The normalized spacial score (nSPS) is 22.9. The summed E-state index contributed by atoms with van der Waals surface area (Å²) in [7, 11) is 0. The molecule has 0 radical (unpaired) electrons. The third-order valence-corrected chi connectivity index (χ3v) is 7.81. The lowest BCUT2D eigenvalue weighted by Crippen LogP contribution is -2.36. The van der Waals surface area contributed by atoms with Gasteiger partial charge in [-0.05, 0) is 63.1 Å². The van der Waals surface area contributed by atoms with Crippen LogP contribution in [0, 0.1) is 6.92 Å². The van der Waals surface area contributed by atoms with Gasteiger partial charge in [0.2, 0.25) is 0 Å². The molecule has 2 aliphatic heterocycles. The number of hydrogen-bond acceptors (Lipinski definition) is 7. The van der Waals surface area contributed by atoms with Crippen LogP contribution in [0.1, 0.15) is 61.5 Å². The molecule has 1 saturated carbocycles. The first-order chi connectivity index (χ1) is 16.5. The van der Waals surface area contributed by atoms with Crippen LogP contribution in [0.15, 0.2) is 30.6 Å². The smallest absolute Gasteiger partial charge is 0.170 e. The van der Waals surface area contributed by atoms with Crippen LogP contribution in [0.4, 0.5) is 16.0 Å². The zero-order chi connectivity index (χ0) is 23.3. The van der Waals surface area contributed by atoms with Crippen LogP contribution < -0.4 is 9.80 Å². The van der Waals surface area contributed by atoms with E-state index in [4.69, 9.17) is 4.98 Å². The van der Waals surface area contributed by atoms with E-state index in [0.29, 0.717) is 36.6 Å². The van der Waals surface area contributed by atoms with Gasteiger partial charge >= 0.3 is 0 Å². The second-order valence-corrected chi connectivity index (χ2v) is 10.1. The lowest BCUT2D eigenvalue weighted by Gasteiger charge is -2.36. The van der Waals surface area contributed by atoms with Crippen molar-refractivity contribution in [2.45, 2.75) is 63.1 Å². The van der Waals surface area contributed by atoms with Gasteiger partial charge in [0.15, 0.2) is 11.5 Å². The Hall–Kier alpha value is -2.87. The molecule has 3 fully saturated rings. The predicted molar refractivity (Wildman–Crippen MR) is 130 cm³/mol. The maximum Gasteiger partial charge on any atom is 0.170 e. The molecule has 178 valence electrons. The summed E-state index contributed by atoms with van der Waals surface area (Å²) in [6.07, 6.45) is 7.84. The zero-order valence-electron chi connectivity index (χ0n) is 19.6. The molecule has 0 spiro atoms. The van der Waals surface area contributed by atoms with Gasteiger partial charge in [0.05, 0.1) is 17.8 Å². The fourth-order valence-corrected chi connectivity index (χ4v) is 5.57. The van der Waals surface area contributed by atoms with Gasteiger partial charge in [-0.25, -0.2) is 19.3 Å². The maximum atomic E-state index is 15.4. The molecule has 3 aromatic heterocycles. The van der Waals surface area contributed by atoms with Crippen LogP contribution in [0.25, 0.3) is 10.9 Å². The fraction of sp³-hybridized carbons (Fsp3) is 0.538. The van der Waals surface area contributed by atoms with Gasteiger partial charge in [0.1, 0.15) is 11.6 Å². The molecule has 1 N–H and O–H groups in total. The number of nitrogens with zero attached hydrogens (tertiary/aromatic N) is 6. The Balaban J connectivity index is 1.35. The first kappa shape index (κ1) is 21.6. The number of hydrogen-bond donors (Lipinski definition) is 1. The summed E-state index contributed by atoms with van der Waals surface area (Å²) in [5.74, 6) is 2.35. The van der Waals surface area contributed by atoms with E-state index in [-0.39, 0.29) is 6.10 Å². The third-order valence-electron chi connectivity index (χ3n) is 7.81. The SMILES string of the molecule is Cc1cccnc1C1CCN(c2nc(C3(F)CCC3)nc3cnc(N4CC[C@H](O)C4)cc23)CC1. The Morgan fingerprint density at radius 1 is 1.06 bits per heavy atom. The average Bonchev–Trinajstić information content (AvgIpc) is 3.28. The van der Waals surface area contributed by atoms with E-state index in [1.807, 2.05) is 18.3 Å². The number of alkyl halides is 1. The fourth-order valence-electron chi connectivity index (χ4n) is 5.57. The van der Waals surface area contributed by atoms with E-state index in [1.165, 1.54) is 11.3 Å². The Bertz CT molecular complexity index is 1210. The highest BCUT2D eigenvalue weighted by Gasteiger charge is 2.42. The first-order valence-corrected chi connectivity index (χ1v) is 12.5. The van der Waals surface area contributed by atoms with Gasteiger partial charge in [-0.2, -0.15) is 0 Å². The number of aromatic nitrogens is 4. The van der Waals surface area contributed by atoms with E-state index in [9.17, 15) is 5.11 Å². The van der Waals surface area contributed by atoms with E-state index in [1.54, 1.807) is 6.20 Å². The number of pyridine rings is 2.